The SMILES string of the molecule is COc1cccc2c1CN(C(=O)C(CC(N)=O)NC(C)=O)CC2. The Morgan fingerprint density at radius 3 is 2.74 bits per heavy atom. The zero-order valence-electron chi connectivity index (χ0n) is 13.3. The van der Waals surface area contributed by atoms with Crippen molar-refractivity contribution < 1.29 is 19.1 Å². The average molecular weight is 319 g/mol. The van der Waals surface area contributed by atoms with Crippen molar-refractivity contribution in [3.8, 4) is 5.75 Å². The first-order chi connectivity index (χ1) is 10.9. The first kappa shape index (κ1) is 16.8. The van der Waals surface area contributed by atoms with Crippen LogP contribution in [0.5, 0.6) is 5.75 Å². The predicted octanol–water partition coefficient (Wildman–Crippen LogP) is -0.0400. The Bertz CT molecular complexity index is 600. The number of nitrogens with two attached hydrogens (primary N) is 1. The fourth-order valence-corrected chi connectivity index (χ4v) is 2.80. The molecule has 23 heavy (non-hydrogen) atoms. The topological polar surface area (TPSA) is 102 Å². The lowest BCUT2D eigenvalue weighted by Crippen LogP contribution is -2.50. The van der Waals surface area contributed by atoms with Crippen molar-refractivity contribution in [2.45, 2.75) is 32.4 Å². The van der Waals surface area contributed by atoms with Gasteiger partial charge in [0.1, 0.15) is 11.8 Å². The van der Waals surface area contributed by atoms with Gasteiger partial charge in [0, 0.05) is 25.6 Å². The summed E-state index contributed by atoms with van der Waals surface area (Å²) < 4.78 is 5.35. The Kier molecular flexibility index (Phi) is 5.20. The van der Waals surface area contributed by atoms with Crippen LogP contribution in [0.3, 0.4) is 0 Å². The Balaban J connectivity index is 2.19. The van der Waals surface area contributed by atoms with Crippen molar-refractivity contribution in [3.05, 3.63) is 29.3 Å². The van der Waals surface area contributed by atoms with Gasteiger partial charge >= 0.3 is 0 Å². The second-order valence-electron chi connectivity index (χ2n) is 5.53. The number of benzene rings is 1. The van der Waals surface area contributed by atoms with Crippen LogP contribution in [0.15, 0.2) is 18.2 Å². The van der Waals surface area contributed by atoms with Crippen LogP contribution >= 0.6 is 0 Å². The molecule has 0 bridgehead atoms. The van der Waals surface area contributed by atoms with E-state index in [9.17, 15) is 14.4 Å². The Labute approximate surface area is 134 Å². The number of amides is 3. The molecule has 0 saturated heterocycles. The molecule has 1 aromatic rings. The molecule has 0 fully saturated rings. The van der Waals surface area contributed by atoms with E-state index in [0.717, 1.165) is 16.9 Å². The van der Waals surface area contributed by atoms with Crippen LogP contribution in [0.2, 0.25) is 0 Å². The van der Waals surface area contributed by atoms with Gasteiger partial charge < -0.3 is 20.7 Å². The lowest BCUT2D eigenvalue weighted by molar-refractivity contribution is -0.138. The molecule has 0 aromatic heterocycles. The van der Waals surface area contributed by atoms with Gasteiger partial charge in [-0.1, -0.05) is 12.1 Å². The lowest BCUT2D eigenvalue weighted by Gasteiger charge is -2.32. The van der Waals surface area contributed by atoms with Crippen molar-refractivity contribution in [2.24, 2.45) is 5.73 Å². The van der Waals surface area contributed by atoms with Crippen LogP contribution in [-0.2, 0) is 27.3 Å². The molecule has 124 valence electrons. The number of primary amides is 1. The number of hydrogen-bond donors (Lipinski definition) is 2. The van der Waals surface area contributed by atoms with Crippen molar-refractivity contribution in [1.29, 1.82) is 0 Å². The number of nitrogens with one attached hydrogen (secondary N) is 1. The summed E-state index contributed by atoms with van der Waals surface area (Å²) in [4.78, 5) is 36.7. The van der Waals surface area contributed by atoms with Crippen LogP contribution in [0, 0.1) is 0 Å². The third-order valence-electron chi connectivity index (χ3n) is 3.84. The summed E-state index contributed by atoms with van der Waals surface area (Å²) in [5, 5.41) is 2.50. The highest BCUT2D eigenvalue weighted by Gasteiger charge is 2.30. The molecule has 0 aliphatic carbocycles. The fraction of sp³-hybridized carbons (Fsp3) is 0.438. The predicted molar refractivity (Wildman–Crippen MR) is 83.5 cm³/mol. The number of carbonyl (C=O) groups is 3. The summed E-state index contributed by atoms with van der Waals surface area (Å²) in [5.74, 6) is -0.590. The van der Waals surface area contributed by atoms with E-state index in [1.165, 1.54) is 6.92 Å². The molecule has 1 aliphatic heterocycles. The molecule has 3 amide bonds. The van der Waals surface area contributed by atoms with Crippen molar-refractivity contribution >= 4 is 17.7 Å². The Morgan fingerprint density at radius 2 is 2.13 bits per heavy atom. The maximum atomic E-state index is 12.6. The highest BCUT2D eigenvalue weighted by atomic mass is 16.5. The molecule has 1 heterocycles. The second kappa shape index (κ2) is 7.13. The molecule has 1 unspecified atom stereocenters. The van der Waals surface area contributed by atoms with Crippen molar-refractivity contribution in [2.75, 3.05) is 13.7 Å². The van der Waals surface area contributed by atoms with Gasteiger partial charge in [0.2, 0.25) is 17.7 Å². The van der Waals surface area contributed by atoms with E-state index in [1.807, 2.05) is 18.2 Å². The molecule has 3 N–H and O–H groups in total. The monoisotopic (exact) mass is 319 g/mol. The quantitative estimate of drug-likeness (QED) is 0.795. The normalized spacial score (nSPS) is 14.6. The standard InChI is InChI=1S/C16H21N3O4/c1-10(20)18-13(8-15(17)21)16(22)19-7-6-11-4-3-5-14(23-2)12(11)9-19/h3-5,13H,6-9H2,1-2H3,(H2,17,21)(H,18,20). The smallest absolute Gasteiger partial charge is 0.245 e. The number of methoxy groups -OCH3 is 1. The molecule has 1 aromatic carbocycles. The number of rotatable bonds is 5. The molecule has 0 radical (unpaired) electrons. The first-order valence-corrected chi connectivity index (χ1v) is 7.41. The number of carbonyl (C=O) groups excluding carboxylic acids is 3. The van der Waals surface area contributed by atoms with Gasteiger partial charge in [-0.2, -0.15) is 0 Å². The lowest BCUT2D eigenvalue weighted by atomic mass is 9.98. The van der Waals surface area contributed by atoms with Crippen molar-refractivity contribution in [1.82, 2.24) is 10.2 Å². The minimum Gasteiger partial charge on any atom is -0.496 e. The van der Waals surface area contributed by atoms with E-state index < -0.39 is 11.9 Å². The van der Waals surface area contributed by atoms with Crippen LogP contribution in [0.25, 0.3) is 0 Å². The van der Waals surface area contributed by atoms with E-state index >= 15 is 0 Å². The average Bonchev–Trinajstić information content (AvgIpc) is 2.51. The van der Waals surface area contributed by atoms with Gasteiger partial charge in [0.15, 0.2) is 0 Å². The Hall–Kier alpha value is -2.57. The minimum absolute atomic E-state index is 0.215. The van der Waals surface area contributed by atoms with Gasteiger partial charge in [-0.25, -0.2) is 0 Å². The van der Waals surface area contributed by atoms with E-state index in [1.54, 1.807) is 12.0 Å². The van der Waals surface area contributed by atoms with Gasteiger partial charge in [-0.05, 0) is 18.1 Å². The van der Waals surface area contributed by atoms with Gasteiger partial charge in [0.25, 0.3) is 0 Å². The van der Waals surface area contributed by atoms with E-state index in [-0.39, 0.29) is 18.2 Å². The molecule has 7 nitrogen and oxygen atoms in total. The molecule has 0 spiro atoms. The molecule has 2 rings (SSSR count). The van der Waals surface area contributed by atoms with Crippen LogP contribution < -0.4 is 15.8 Å². The van der Waals surface area contributed by atoms with E-state index in [0.29, 0.717) is 19.5 Å². The third kappa shape index (κ3) is 4.00. The number of hydrogen-bond acceptors (Lipinski definition) is 4. The summed E-state index contributed by atoms with van der Waals surface area (Å²) in [7, 11) is 1.59. The highest BCUT2D eigenvalue weighted by molar-refractivity contribution is 5.91. The highest BCUT2D eigenvalue weighted by Crippen LogP contribution is 2.28. The summed E-state index contributed by atoms with van der Waals surface area (Å²) in [6, 6.07) is 4.85. The van der Waals surface area contributed by atoms with Gasteiger partial charge in [-0.3, -0.25) is 14.4 Å². The van der Waals surface area contributed by atoms with Gasteiger partial charge in [-0.15, -0.1) is 0 Å². The largest absolute Gasteiger partial charge is 0.496 e. The minimum atomic E-state index is -0.929. The number of fused-ring (bicyclic) bond motifs is 1. The zero-order valence-corrected chi connectivity index (χ0v) is 13.3. The maximum Gasteiger partial charge on any atom is 0.245 e. The van der Waals surface area contributed by atoms with E-state index in [4.69, 9.17) is 10.5 Å². The van der Waals surface area contributed by atoms with Crippen LogP contribution in [0.4, 0.5) is 0 Å². The molecule has 0 saturated carbocycles. The van der Waals surface area contributed by atoms with E-state index in [2.05, 4.69) is 5.32 Å². The summed E-state index contributed by atoms with van der Waals surface area (Å²) in [6.07, 6.45) is 0.481. The number of ether oxygens (including phenoxy) is 1. The van der Waals surface area contributed by atoms with Gasteiger partial charge in [0.05, 0.1) is 13.5 Å². The van der Waals surface area contributed by atoms with Crippen LogP contribution in [0.1, 0.15) is 24.5 Å². The molecule has 7 heteroatoms. The summed E-state index contributed by atoms with van der Waals surface area (Å²) in [6.45, 7) is 2.21. The summed E-state index contributed by atoms with van der Waals surface area (Å²) in [5.41, 5.74) is 7.27. The zero-order chi connectivity index (χ0) is 17.0. The molecule has 1 aliphatic rings. The first-order valence-electron chi connectivity index (χ1n) is 7.41. The molecular formula is C16H21N3O4. The molecular weight excluding hydrogens is 298 g/mol. The van der Waals surface area contributed by atoms with Crippen molar-refractivity contribution in [3.63, 3.8) is 0 Å². The maximum absolute atomic E-state index is 12.6. The summed E-state index contributed by atoms with van der Waals surface area (Å²) >= 11 is 0. The third-order valence-corrected chi connectivity index (χ3v) is 3.84. The van der Waals surface area contributed by atoms with Crippen LogP contribution in [-0.4, -0.2) is 42.3 Å². The molecule has 1 atom stereocenters. The number of nitrogens with zero attached hydrogens (tertiary/aromatic N) is 1. The Morgan fingerprint density at radius 1 is 1.39 bits per heavy atom. The second-order valence-corrected chi connectivity index (χ2v) is 5.53. The fourth-order valence-electron chi connectivity index (χ4n) is 2.80.